The molecule has 0 spiro atoms. The van der Waals surface area contributed by atoms with Gasteiger partial charge in [-0.3, -0.25) is 0 Å². The molecule has 0 nitrogen and oxygen atoms in total. The fraction of sp³-hybridized carbons (Fsp3) is 0.538. The summed E-state index contributed by atoms with van der Waals surface area (Å²) >= 11 is 3.77. The topological polar surface area (TPSA) is 0 Å². The Morgan fingerprint density at radius 2 is 1.93 bits per heavy atom. The summed E-state index contributed by atoms with van der Waals surface area (Å²) in [6.07, 6.45) is 2.38. The summed E-state index contributed by atoms with van der Waals surface area (Å²) in [5.41, 5.74) is 2.87. The van der Waals surface area contributed by atoms with E-state index in [1.807, 2.05) is 0 Å². The van der Waals surface area contributed by atoms with Crippen molar-refractivity contribution in [3.63, 3.8) is 0 Å². The summed E-state index contributed by atoms with van der Waals surface area (Å²) in [6, 6.07) is 8.64. The molecule has 0 N–H and O–H groups in total. The maximum Gasteiger partial charge on any atom is 0.0211 e. The molecule has 0 fully saturated rings. The highest BCUT2D eigenvalue weighted by molar-refractivity contribution is 9.09. The number of benzene rings is 1. The van der Waals surface area contributed by atoms with Gasteiger partial charge in [0.15, 0.2) is 0 Å². The maximum absolute atomic E-state index is 3.77. The van der Waals surface area contributed by atoms with E-state index in [4.69, 9.17) is 0 Å². The van der Waals surface area contributed by atoms with Crippen LogP contribution in [0.5, 0.6) is 0 Å². The lowest BCUT2D eigenvalue weighted by Crippen LogP contribution is -2.13. The lowest BCUT2D eigenvalue weighted by atomic mass is 9.96. The summed E-state index contributed by atoms with van der Waals surface area (Å²) in [4.78, 5) is 0.605. The van der Waals surface area contributed by atoms with Crippen LogP contribution in [0, 0.1) is 12.8 Å². The summed E-state index contributed by atoms with van der Waals surface area (Å²) in [7, 11) is 0. The largest absolute Gasteiger partial charge is 0.0884 e. The van der Waals surface area contributed by atoms with Gasteiger partial charge in [0.1, 0.15) is 0 Å². The Morgan fingerprint density at radius 1 is 1.29 bits per heavy atom. The van der Waals surface area contributed by atoms with Gasteiger partial charge in [-0.1, -0.05) is 60.5 Å². The first-order chi connectivity index (χ1) is 6.65. The van der Waals surface area contributed by atoms with Crippen LogP contribution in [-0.4, -0.2) is 4.83 Å². The molecule has 1 aromatic carbocycles. The monoisotopic (exact) mass is 254 g/mol. The van der Waals surface area contributed by atoms with Gasteiger partial charge >= 0.3 is 0 Å². The van der Waals surface area contributed by atoms with Gasteiger partial charge in [-0.25, -0.2) is 0 Å². The highest BCUT2D eigenvalue weighted by atomic mass is 79.9. The van der Waals surface area contributed by atoms with Gasteiger partial charge in [0.05, 0.1) is 0 Å². The average Bonchev–Trinajstić information content (AvgIpc) is 2.20. The number of halogens is 1. The van der Waals surface area contributed by atoms with Gasteiger partial charge in [0, 0.05) is 4.83 Å². The summed E-state index contributed by atoms with van der Waals surface area (Å²) < 4.78 is 0. The number of aryl methyl sites for hydroxylation is 1. The number of hydrogen-bond donors (Lipinski definition) is 0. The van der Waals surface area contributed by atoms with E-state index in [1.54, 1.807) is 0 Å². The predicted octanol–water partition coefficient (Wildman–Crippen LogP) is 4.35. The minimum Gasteiger partial charge on any atom is -0.0884 e. The molecular weight excluding hydrogens is 236 g/mol. The highest BCUT2D eigenvalue weighted by Crippen LogP contribution is 2.22. The van der Waals surface area contributed by atoms with Crippen molar-refractivity contribution in [2.75, 3.05) is 0 Å². The molecule has 0 aliphatic heterocycles. The van der Waals surface area contributed by atoms with Gasteiger partial charge in [0.25, 0.3) is 0 Å². The lowest BCUT2D eigenvalue weighted by Gasteiger charge is -2.17. The second kappa shape index (κ2) is 5.55. The number of alkyl halides is 1. The first kappa shape index (κ1) is 11.8. The molecule has 0 saturated heterocycles. The Kier molecular flexibility index (Phi) is 4.67. The zero-order valence-electron chi connectivity index (χ0n) is 9.26. The molecule has 2 atom stereocenters. The van der Waals surface area contributed by atoms with Crippen molar-refractivity contribution >= 4 is 15.9 Å². The Bertz CT molecular complexity index is 280. The molecule has 0 aliphatic rings. The van der Waals surface area contributed by atoms with Gasteiger partial charge in [0.2, 0.25) is 0 Å². The molecule has 0 radical (unpaired) electrons. The fourth-order valence-electron chi connectivity index (χ4n) is 1.51. The molecule has 0 heterocycles. The van der Waals surface area contributed by atoms with Crippen molar-refractivity contribution in [1.82, 2.24) is 0 Å². The molecule has 14 heavy (non-hydrogen) atoms. The SMILES string of the molecule is CCC(C)C(Br)Cc1ccccc1C. The van der Waals surface area contributed by atoms with Crippen molar-refractivity contribution in [1.29, 1.82) is 0 Å². The molecule has 78 valence electrons. The standard InChI is InChI=1S/C13H19Br/c1-4-10(2)13(14)9-12-8-6-5-7-11(12)3/h5-8,10,13H,4,9H2,1-3H3. The molecule has 1 heteroatoms. The van der Waals surface area contributed by atoms with Crippen LogP contribution in [0.1, 0.15) is 31.4 Å². The smallest absolute Gasteiger partial charge is 0.0211 e. The van der Waals surface area contributed by atoms with Crippen LogP contribution in [0.25, 0.3) is 0 Å². The molecule has 2 unspecified atom stereocenters. The molecule has 0 amide bonds. The third kappa shape index (κ3) is 3.13. The zero-order valence-corrected chi connectivity index (χ0v) is 10.8. The quantitative estimate of drug-likeness (QED) is 0.702. The van der Waals surface area contributed by atoms with Crippen molar-refractivity contribution in [3.05, 3.63) is 35.4 Å². The van der Waals surface area contributed by atoms with Crippen LogP contribution in [0.4, 0.5) is 0 Å². The van der Waals surface area contributed by atoms with Crippen molar-refractivity contribution in [2.24, 2.45) is 5.92 Å². The second-order valence-electron chi connectivity index (χ2n) is 4.03. The minimum atomic E-state index is 0.605. The van der Waals surface area contributed by atoms with Crippen molar-refractivity contribution < 1.29 is 0 Å². The predicted molar refractivity (Wildman–Crippen MR) is 67.1 cm³/mol. The van der Waals surface area contributed by atoms with Gasteiger partial charge in [-0.2, -0.15) is 0 Å². The lowest BCUT2D eigenvalue weighted by molar-refractivity contribution is 0.537. The average molecular weight is 255 g/mol. The third-order valence-electron chi connectivity index (χ3n) is 2.94. The zero-order chi connectivity index (χ0) is 10.6. The Hall–Kier alpha value is -0.300. The van der Waals surface area contributed by atoms with Gasteiger partial charge in [-0.05, 0) is 30.4 Å². The number of rotatable bonds is 4. The first-order valence-corrected chi connectivity index (χ1v) is 6.25. The van der Waals surface area contributed by atoms with E-state index in [0.29, 0.717) is 4.83 Å². The van der Waals surface area contributed by atoms with Crippen LogP contribution >= 0.6 is 15.9 Å². The van der Waals surface area contributed by atoms with E-state index in [9.17, 15) is 0 Å². The Balaban J connectivity index is 2.64. The molecule has 1 rings (SSSR count). The van der Waals surface area contributed by atoms with Crippen LogP contribution in [0.3, 0.4) is 0 Å². The van der Waals surface area contributed by atoms with E-state index in [0.717, 1.165) is 12.3 Å². The van der Waals surface area contributed by atoms with E-state index >= 15 is 0 Å². The normalized spacial score (nSPS) is 15.1. The van der Waals surface area contributed by atoms with Crippen LogP contribution in [-0.2, 0) is 6.42 Å². The van der Waals surface area contributed by atoms with E-state index < -0.39 is 0 Å². The highest BCUT2D eigenvalue weighted by Gasteiger charge is 2.13. The fourth-order valence-corrected chi connectivity index (χ4v) is 2.23. The molecule has 0 aliphatic carbocycles. The molecule has 0 bridgehead atoms. The van der Waals surface area contributed by atoms with Crippen LogP contribution in [0.2, 0.25) is 0 Å². The second-order valence-corrected chi connectivity index (χ2v) is 5.21. The van der Waals surface area contributed by atoms with Crippen molar-refractivity contribution in [3.8, 4) is 0 Å². The summed E-state index contributed by atoms with van der Waals surface area (Å²) in [5, 5.41) is 0. The van der Waals surface area contributed by atoms with E-state index in [-0.39, 0.29) is 0 Å². The Morgan fingerprint density at radius 3 is 2.50 bits per heavy atom. The molecule has 0 aromatic heterocycles. The summed E-state index contributed by atoms with van der Waals surface area (Å²) in [6.45, 7) is 6.74. The van der Waals surface area contributed by atoms with Crippen LogP contribution in [0.15, 0.2) is 24.3 Å². The number of hydrogen-bond acceptors (Lipinski definition) is 0. The van der Waals surface area contributed by atoms with Gasteiger partial charge < -0.3 is 0 Å². The van der Waals surface area contributed by atoms with E-state index in [1.165, 1.54) is 17.5 Å². The first-order valence-electron chi connectivity index (χ1n) is 5.33. The van der Waals surface area contributed by atoms with Crippen molar-refractivity contribution in [2.45, 2.75) is 38.4 Å². The maximum atomic E-state index is 3.77. The molecular formula is C13H19Br. The molecule has 0 saturated carbocycles. The van der Waals surface area contributed by atoms with Crippen LogP contribution < -0.4 is 0 Å². The minimum absolute atomic E-state index is 0.605. The van der Waals surface area contributed by atoms with Gasteiger partial charge in [-0.15, -0.1) is 0 Å². The third-order valence-corrected chi connectivity index (χ3v) is 4.16. The Labute approximate surface area is 95.9 Å². The van der Waals surface area contributed by atoms with E-state index in [2.05, 4.69) is 61.0 Å². The summed E-state index contributed by atoms with van der Waals surface area (Å²) in [5.74, 6) is 0.745. The molecule has 1 aromatic rings.